The topological polar surface area (TPSA) is 87.5 Å². The standard InChI is InChI=1S/C12H21N5O3S/c1-3-16-8-11(14-10-16)21(19,20)15(2)9-12(18)17-6-4-13-5-7-17/h8,10,13H,3-7,9H2,1-2H3. The van der Waals surface area contributed by atoms with E-state index in [1.54, 1.807) is 9.47 Å². The molecule has 0 radical (unpaired) electrons. The summed E-state index contributed by atoms with van der Waals surface area (Å²) < 4.78 is 27.4. The third-order valence-corrected chi connectivity index (χ3v) is 5.17. The Morgan fingerprint density at radius 3 is 2.67 bits per heavy atom. The van der Waals surface area contributed by atoms with E-state index in [2.05, 4.69) is 10.3 Å². The summed E-state index contributed by atoms with van der Waals surface area (Å²) in [5.41, 5.74) is 0. The molecule has 1 N–H and O–H groups in total. The van der Waals surface area contributed by atoms with Crippen LogP contribution >= 0.6 is 0 Å². The lowest BCUT2D eigenvalue weighted by atomic mass is 10.3. The fourth-order valence-electron chi connectivity index (χ4n) is 2.10. The molecule has 0 aliphatic carbocycles. The van der Waals surface area contributed by atoms with Crippen LogP contribution in [0.5, 0.6) is 0 Å². The van der Waals surface area contributed by atoms with Crippen LogP contribution in [0.3, 0.4) is 0 Å². The highest BCUT2D eigenvalue weighted by molar-refractivity contribution is 7.89. The second-order valence-corrected chi connectivity index (χ2v) is 6.93. The molecular formula is C12H21N5O3S. The van der Waals surface area contributed by atoms with Gasteiger partial charge in [0.2, 0.25) is 5.91 Å². The molecule has 0 atom stereocenters. The maximum atomic E-state index is 12.3. The molecule has 0 bridgehead atoms. The molecule has 0 saturated carbocycles. The first-order chi connectivity index (χ1) is 9.95. The lowest BCUT2D eigenvalue weighted by Gasteiger charge is -2.28. The monoisotopic (exact) mass is 315 g/mol. The van der Waals surface area contributed by atoms with Gasteiger partial charge in [-0.25, -0.2) is 13.4 Å². The Morgan fingerprint density at radius 1 is 1.43 bits per heavy atom. The van der Waals surface area contributed by atoms with Crippen molar-refractivity contribution in [2.45, 2.75) is 18.5 Å². The number of rotatable bonds is 5. The maximum Gasteiger partial charge on any atom is 0.262 e. The number of carbonyl (C=O) groups is 1. The lowest BCUT2D eigenvalue weighted by Crippen LogP contribution is -2.49. The number of aryl methyl sites for hydroxylation is 1. The molecule has 2 rings (SSSR count). The third-order valence-electron chi connectivity index (χ3n) is 3.48. The molecule has 2 heterocycles. The van der Waals surface area contributed by atoms with Crippen molar-refractivity contribution in [3.63, 3.8) is 0 Å². The van der Waals surface area contributed by atoms with Gasteiger partial charge < -0.3 is 14.8 Å². The molecule has 9 heteroatoms. The fraction of sp³-hybridized carbons (Fsp3) is 0.667. The van der Waals surface area contributed by atoms with Crippen molar-refractivity contribution in [3.8, 4) is 0 Å². The van der Waals surface area contributed by atoms with Crippen LogP contribution in [0.2, 0.25) is 0 Å². The highest BCUT2D eigenvalue weighted by atomic mass is 32.2. The van der Waals surface area contributed by atoms with Crippen molar-refractivity contribution in [1.29, 1.82) is 0 Å². The Labute approximate surface area is 124 Å². The molecule has 21 heavy (non-hydrogen) atoms. The Kier molecular flexibility index (Phi) is 4.96. The fourth-order valence-corrected chi connectivity index (χ4v) is 3.14. The summed E-state index contributed by atoms with van der Waals surface area (Å²) in [6, 6.07) is 0. The van der Waals surface area contributed by atoms with E-state index in [0.29, 0.717) is 19.6 Å². The SMILES string of the molecule is CCn1cnc(S(=O)(=O)N(C)CC(=O)N2CCNCC2)c1. The summed E-state index contributed by atoms with van der Waals surface area (Å²) in [5.74, 6) is -0.183. The number of piperazine rings is 1. The van der Waals surface area contributed by atoms with E-state index in [1.807, 2.05) is 6.92 Å². The van der Waals surface area contributed by atoms with Gasteiger partial charge in [0.05, 0.1) is 12.9 Å². The molecular weight excluding hydrogens is 294 g/mol. The van der Waals surface area contributed by atoms with Gasteiger partial charge in [0.25, 0.3) is 10.0 Å². The zero-order valence-corrected chi connectivity index (χ0v) is 13.1. The van der Waals surface area contributed by atoms with Crippen LogP contribution in [0.1, 0.15) is 6.92 Å². The van der Waals surface area contributed by atoms with E-state index >= 15 is 0 Å². The van der Waals surface area contributed by atoms with Crippen LogP contribution < -0.4 is 5.32 Å². The largest absolute Gasteiger partial charge is 0.339 e. The molecule has 8 nitrogen and oxygen atoms in total. The van der Waals surface area contributed by atoms with Crippen molar-refractivity contribution in [3.05, 3.63) is 12.5 Å². The molecule has 118 valence electrons. The summed E-state index contributed by atoms with van der Waals surface area (Å²) in [4.78, 5) is 17.7. The van der Waals surface area contributed by atoms with Crippen molar-refractivity contribution in [2.75, 3.05) is 39.8 Å². The summed E-state index contributed by atoms with van der Waals surface area (Å²) >= 11 is 0. The third kappa shape index (κ3) is 3.60. The van der Waals surface area contributed by atoms with Crippen LogP contribution in [-0.2, 0) is 21.4 Å². The zero-order valence-electron chi connectivity index (χ0n) is 12.3. The van der Waals surface area contributed by atoms with Crippen molar-refractivity contribution < 1.29 is 13.2 Å². The minimum absolute atomic E-state index is 0.0278. The number of sulfonamides is 1. The average Bonchev–Trinajstić information content (AvgIpc) is 2.97. The number of aromatic nitrogens is 2. The van der Waals surface area contributed by atoms with Gasteiger partial charge in [-0.15, -0.1) is 0 Å². The highest BCUT2D eigenvalue weighted by Gasteiger charge is 2.27. The van der Waals surface area contributed by atoms with Crippen LogP contribution in [0.25, 0.3) is 0 Å². The molecule has 1 aromatic rings. The Hall–Kier alpha value is -1.45. The van der Waals surface area contributed by atoms with Gasteiger partial charge in [-0.1, -0.05) is 0 Å². The number of carbonyl (C=O) groups excluding carboxylic acids is 1. The average molecular weight is 315 g/mol. The minimum Gasteiger partial charge on any atom is -0.339 e. The van der Waals surface area contributed by atoms with Gasteiger partial charge in [-0.2, -0.15) is 4.31 Å². The number of likely N-dealkylation sites (N-methyl/N-ethyl adjacent to an activating group) is 1. The van der Waals surface area contributed by atoms with E-state index < -0.39 is 10.0 Å². The smallest absolute Gasteiger partial charge is 0.262 e. The number of amides is 1. The summed E-state index contributed by atoms with van der Waals surface area (Å²) in [5, 5.41) is 3.12. The lowest BCUT2D eigenvalue weighted by molar-refractivity contribution is -0.131. The molecule has 0 unspecified atom stereocenters. The summed E-state index contributed by atoms with van der Waals surface area (Å²) in [6.45, 7) is 5.07. The van der Waals surface area contributed by atoms with Gasteiger partial charge in [0.15, 0.2) is 5.03 Å². The van der Waals surface area contributed by atoms with E-state index in [0.717, 1.165) is 17.4 Å². The molecule has 1 aliphatic heterocycles. The molecule has 1 aromatic heterocycles. The van der Waals surface area contributed by atoms with E-state index in [4.69, 9.17) is 0 Å². The quantitative estimate of drug-likeness (QED) is 0.749. The minimum atomic E-state index is -3.72. The van der Waals surface area contributed by atoms with Crippen LogP contribution in [0, 0.1) is 0 Å². The Balaban J connectivity index is 2.04. The molecule has 0 spiro atoms. The molecule has 1 amide bonds. The Bertz CT molecular complexity index is 592. The van der Waals surface area contributed by atoms with E-state index in [-0.39, 0.29) is 17.5 Å². The first kappa shape index (κ1) is 15.9. The molecule has 1 fully saturated rings. The van der Waals surface area contributed by atoms with Crippen molar-refractivity contribution in [2.24, 2.45) is 0 Å². The summed E-state index contributed by atoms with van der Waals surface area (Å²) in [6.07, 6.45) is 2.94. The first-order valence-corrected chi connectivity index (χ1v) is 8.35. The van der Waals surface area contributed by atoms with Gasteiger partial charge in [0.1, 0.15) is 0 Å². The maximum absolute atomic E-state index is 12.3. The van der Waals surface area contributed by atoms with Gasteiger partial charge in [0, 0.05) is 46.0 Å². The molecule has 1 aliphatic rings. The molecule has 0 aromatic carbocycles. The van der Waals surface area contributed by atoms with Crippen molar-refractivity contribution >= 4 is 15.9 Å². The highest BCUT2D eigenvalue weighted by Crippen LogP contribution is 2.12. The van der Waals surface area contributed by atoms with Crippen LogP contribution in [-0.4, -0.2) is 72.9 Å². The van der Waals surface area contributed by atoms with Gasteiger partial charge in [-0.05, 0) is 6.92 Å². The summed E-state index contributed by atoms with van der Waals surface area (Å²) in [7, 11) is -2.32. The first-order valence-electron chi connectivity index (χ1n) is 6.91. The normalized spacial score (nSPS) is 16.4. The number of nitrogens with one attached hydrogen (secondary N) is 1. The number of nitrogens with zero attached hydrogens (tertiary/aromatic N) is 4. The van der Waals surface area contributed by atoms with Crippen LogP contribution in [0.4, 0.5) is 0 Å². The van der Waals surface area contributed by atoms with Gasteiger partial charge in [-0.3, -0.25) is 4.79 Å². The number of hydrogen-bond donors (Lipinski definition) is 1. The van der Waals surface area contributed by atoms with Crippen LogP contribution in [0.15, 0.2) is 17.6 Å². The second-order valence-electron chi connectivity index (χ2n) is 4.93. The number of imidazole rings is 1. The zero-order chi connectivity index (χ0) is 15.5. The molecule has 1 saturated heterocycles. The predicted octanol–water partition coefficient (Wildman–Crippen LogP) is -1.04. The second kappa shape index (κ2) is 6.54. The van der Waals surface area contributed by atoms with Crippen molar-refractivity contribution in [1.82, 2.24) is 24.1 Å². The van der Waals surface area contributed by atoms with Gasteiger partial charge >= 0.3 is 0 Å². The predicted molar refractivity (Wildman–Crippen MR) is 77.2 cm³/mol. The Morgan fingerprint density at radius 2 is 2.10 bits per heavy atom. The van der Waals surface area contributed by atoms with E-state index in [9.17, 15) is 13.2 Å². The van der Waals surface area contributed by atoms with E-state index in [1.165, 1.54) is 19.6 Å². The number of hydrogen-bond acceptors (Lipinski definition) is 5.